The van der Waals surface area contributed by atoms with Crippen LogP contribution in [-0.2, 0) is 4.79 Å². The van der Waals surface area contributed by atoms with Crippen LogP contribution in [0.3, 0.4) is 0 Å². The van der Waals surface area contributed by atoms with Gasteiger partial charge in [-0.1, -0.05) is 53.3 Å². The van der Waals surface area contributed by atoms with E-state index in [-0.39, 0.29) is 12.5 Å². The molecule has 0 spiro atoms. The minimum absolute atomic E-state index is 0.110. The van der Waals surface area contributed by atoms with Crippen LogP contribution in [0.25, 0.3) is 10.6 Å². The number of benzene rings is 2. The fourth-order valence-corrected chi connectivity index (χ4v) is 2.87. The molecule has 3 aromatic rings. The van der Waals surface area contributed by atoms with Crippen molar-refractivity contribution in [2.45, 2.75) is 6.92 Å². The summed E-state index contributed by atoms with van der Waals surface area (Å²) in [5.74, 6) is 0.299. The third kappa shape index (κ3) is 4.10. The molecule has 1 heterocycles. The lowest BCUT2D eigenvalue weighted by molar-refractivity contribution is -0.118. The van der Waals surface area contributed by atoms with Crippen molar-refractivity contribution < 1.29 is 9.53 Å². The zero-order valence-electron chi connectivity index (χ0n) is 12.8. The average Bonchev–Trinajstić information content (AvgIpc) is 3.05. The van der Waals surface area contributed by atoms with Crippen molar-refractivity contribution in [3.8, 4) is 16.3 Å². The van der Waals surface area contributed by atoms with E-state index in [2.05, 4.69) is 15.5 Å². The summed E-state index contributed by atoms with van der Waals surface area (Å²) in [4.78, 5) is 12.0. The van der Waals surface area contributed by atoms with Crippen LogP contribution in [0.5, 0.6) is 5.75 Å². The van der Waals surface area contributed by atoms with Gasteiger partial charge in [0.2, 0.25) is 5.13 Å². The molecule has 1 amide bonds. The van der Waals surface area contributed by atoms with Crippen molar-refractivity contribution in [1.29, 1.82) is 0 Å². The van der Waals surface area contributed by atoms with Crippen molar-refractivity contribution in [3.05, 3.63) is 59.1 Å². The number of halogens is 1. The largest absolute Gasteiger partial charge is 0.484 e. The zero-order chi connectivity index (χ0) is 16.9. The molecule has 0 unspecified atom stereocenters. The van der Waals surface area contributed by atoms with Gasteiger partial charge in [0.15, 0.2) is 6.61 Å². The van der Waals surface area contributed by atoms with Crippen molar-refractivity contribution in [2.24, 2.45) is 0 Å². The molecule has 0 bridgehead atoms. The first kappa shape index (κ1) is 16.4. The molecule has 0 fully saturated rings. The zero-order valence-corrected chi connectivity index (χ0v) is 14.4. The van der Waals surface area contributed by atoms with Gasteiger partial charge >= 0.3 is 0 Å². The van der Waals surface area contributed by atoms with Crippen LogP contribution in [0.1, 0.15) is 5.56 Å². The van der Waals surface area contributed by atoms with Crippen molar-refractivity contribution in [2.75, 3.05) is 11.9 Å². The summed E-state index contributed by atoms with van der Waals surface area (Å²) in [7, 11) is 0. The molecule has 5 nitrogen and oxygen atoms in total. The lowest BCUT2D eigenvalue weighted by atomic mass is 10.2. The molecule has 3 rings (SSSR count). The van der Waals surface area contributed by atoms with E-state index in [4.69, 9.17) is 16.3 Å². The van der Waals surface area contributed by atoms with Gasteiger partial charge in [-0.25, -0.2) is 0 Å². The number of aryl methyl sites for hydroxylation is 1. The van der Waals surface area contributed by atoms with Crippen LogP contribution in [0, 0.1) is 6.92 Å². The molecule has 1 aromatic heterocycles. The third-order valence-electron chi connectivity index (χ3n) is 3.19. The van der Waals surface area contributed by atoms with Crippen LogP contribution in [0.2, 0.25) is 5.02 Å². The molecule has 2 aromatic carbocycles. The van der Waals surface area contributed by atoms with Gasteiger partial charge in [0.25, 0.3) is 5.91 Å². The second-order valence-electron chi connectivity index (χ2n) is 5.03. The first-order valence-corrected chi connectivity index (χ1v) is 8.39. The summed E-state index contributed by atoms with van der Waals surface area (Å²) >= 11 is 7.27. The van der Waals surface area contributed by atoms with E-state index in [1.54, 1.807) is 18.2 Å². The summed E-state index contributed by atoms with van der Waals surface area (Å²) in [5, 5.41) is 12.6. The summed E-state index contributed by atoms with van der Waals surface area (Å²) in [6.07, 6.45) is 0. The first-order valence-electron chi connectivity index (χ1n) is 7.19. The molecule has 0 radical (unpaired) electrons. The normalized spacial score (nSPS) is 10.4. The first-order chi connectivity index (χ1) is 11.6. The Balaban J connectivity index is 1.57. The van der Waals surface area contributed by atoms with Gasteiger partial charge in [-0.05, 0) is 30.7 Å². The quantitative estimate of drug-likeness (QED) is 0.742. The number of aromatic nitrogens is 2. The molecule has 0 saturated carbocycles. The molecule has 7 heteroatoms. The number of carbonyl (C=O) groups excluding carboxylic acids is 1. The van der Waals surface area contributed by atoms with Crippen LogP contribution in [-0.4, -0.2) is 22.7 Å². The summed E-state index contributed by atoms with van der Waals surface area (Å²) < 4.78 is 5.45. The smallest absolute Gasteiger partial charge is 0.264 e. The van der Waals surface area contributed by atoms with E-state index in [1.807, 2.05) is 37.3 Å². The minimum Gasteiger partial charge on any atom is -0.484 e. The molecule has 0 aliphatic heterocycles. The maximum Gasteiger partial charge on any atom is 0.264 e. The fourth-order valence-electron chi connectivity index (χ4n) is 1.98. The topological polar surface area (TPSA) is 64.1 Å². The number of amides is 1. The molecule has 0 saturated heterocycles. The van der Waals surface area contributed by atoms with Gasteiger partial charge < -0.3 is 4.74 Å². The summed E-state index contributed by atoms with van der Waals surface area (Å²) in [6, 6.07) is 14.9. The highest BCUT2D eigenvalue weighted by atomic mass is 35.5. The van der Waals surface area contributed by atoms with Crippen molar-refractivity contribution in [1.82, 2.24) is 10.2 Å². The Bertz CT molecular complexity index is 852. The number of hydrogen-bond donors (Lipinski definition) is 1. The van der Waals surface area contributed by atoms with Gasteiger partial charge in [0, 0.05) is 10.6 Å². The van der Waals surface area contributed by atoms with Gasteiger partial charge in [-0.2, -0.15) is 0 Å². The second kappa shape index (κ2) is 7.42. The number of nitrogens with zero attached hydrogens (tertiary/aromatic N) is 2. The third-order valence-corrected chi connectivity index (χ3v) is 4.50. The number of nitrogens with one attached hydrogen (secondary N) is 1. The Kier molecular flexibility index (Phi) is 5.08. The Morgan fingerprint density at radius 2 is 2.00 bits per heavy atom. The maximum atomic E-state index is 12.0. The molecular formula is C17H14ClN3O2S. The maximum absolute atomic E-state index is 12.0. The van der Waals surface area contributed by atoms with Crippen LogP contribution >= 0.6 is 22.9 Å². The highest BCUT2D eigenvalue weighted by molar-refractivity contribution is 7.18. The van der Waals surface area contributed by atoms with E-state index < -0.39 is 0 Å². The molecule has 0 aliphatic rings. The Hall–Kier alpha value is -2.44. The molecule has 122 valence electrons. The van der Waals surface area contributed by atoms with Crippen LogP contribution < -0.4 is 10.1 Å². The highest BCUT2D eigenvalue weighted by Crippen LogP contribution is 2.26. The van der Waals surface area contributed by atoms with Crippen LogP contribution in [0.4, 0.5) is 5.13 Å². The summed E-state index contributed by atoms with van der Waals surface area (Å²) in [6.45, 7) is 1.77. The second-order valence-corrected chi connectivity index (χ2v) is 6.41. The van der Waals surface area contributed by atoms with Crippen molar-refractivity contribution >= 4 is 34.0 Å². The van der Waals surface area contributed by atoms with E-state index in [1.165, 1.54) is 11.3 Å². The lowest BCUT2D eigenvalue weighted by Gasteiger charge is -2.07. The number of ether oxygens (including phenoxy) is 1. The average molecular weight is 360 g/mol. The monoisotopic (exact) mass is 359 g/mol. The molecule has 0 atom stereocenters. The van der Waals surface area contributed by atoms with Gasteiger partial charge in [-0.15, -0.1) is 10.2 Å². The van der Waals surface area contributed by atoms with Gasteiger partial charge in [-0.3, -0.25) is 10.1 Å². The number of hydrogen-bond acceptors (Lipinski definition) is 5. The van der Waals surface area contributed by atoms with Crippen LogP contribution in [0.15, 0.2) is 48.5 Å². The molecular weight excluding hydrogens is 346 g/mol. The number of carbonyl (C=O) groups is 1. The fraction of sp³-hybridized carbons (Fsp3) is 0.118. The van der Waals surface area contributed by atoms with E-state index in [0.29, 0.717) is 15.9 Å². The van der Waals surface area contributed by atoms with E-state index >= 15 is 0 Å². The molecule has 1 N–H and O–H groups in total. The lowest BCUT2D eigenvalue weighted by Crippen LogP contribution is -2.20. The number of rotatable bonds is 5. The van der Waals surface area contributed by atoms with Crippen molar-refractivity contribution in [3.63, 3.8) is 0 Å². The SMILES string of the molecule is Cc1cc(OCC(=O)Nc2nnc(-c3ccccc3)s2)ccc1Cl. The molecule has 24 heavy (non-hydrogen) atoms. The van der Waals surface area contributed by atoms with Gasteiger partial charge in [0.05, 0.1) is 0 Å². The Morgan fingerprint density at radius 1 is 1.21 bits per heavy atom. The Morgan fingerprint density at radius 3 is 2.75 bits per heavy atom. The summed E-state index contributed by atoms with van der Waals surface area (Å²) in [5.41, 5.74) is 1.86. The Labute approximate surface area is 148 Å². The molecule has 0 aliphatic carbocycles. The van der Waals surface area contributed by atoms with E-state index in [9.17, 15) is 4.79 Å². The predicted octanol–water partition coefficient (Wildman–Crippen LogP) is 4.18. The standard InChI is InChI=1S/C17H14ClN3O2S/c1-11-9-13(7-8-14(11)18)23-10-15(22)19-17-21-20-16(24-17)12-5-3-2-4-6-12/h2-9H,10H2,1H3,(H,19,21,22). The van der Waals surface area contributed by atoms with Gasteiger partial charge in [0.1, 0.15) is 10.8 Å². The highest BCUT2D eigenvalue weighted by Gasteiger charge is 2.10. The predicted molar refractivity (Wildman–Crippen MR) is 95.7 cm³/mol. The van der Waals surface area contributed by atoms with E-state index in [0.717, 1.165) is 16.1 Å². The number of anilines is 1. The minimum atomic E-state index is -0.293.